The number of carbonyl (C=O) groups is 2. The van der Waals surface area contributed by atoms with Crippen molar-refractivity contribution >= 4 is 39.9 Å². The van der Waals surface area contributed by atoms with Crippen LogP contribution in [0.1, 0.15) is 18.2 Å². The average Bonchev–Trinajstić information content (AvgIpc) is 3.16. The molecule has 3 aromatic rings. The number of nitrogens with zero attached hydrogens (tertiary/aromatic N) is 2. The van der Waals surface area contributed by atoms with Gasteiger partial charge in [-0.25, -0.2) is 4.98 Å². The average molecular weight is 374 g/mol. The maximum atomic E-state index is 12.1. The zero-order valence-corrected chi connectivity index (χ0v) is 15.5. The summed E-state index contributed by atoms with van der Waals surface area (Å²) in [5, 5.41) is 1.61. The number of thioether (sulfide) groups is 1. The maximum Gasteiger partial charge on any atom is 0.251 e. The van der Waals surface area contributed by atoms with Crippen LogP contribution in [0.25, 0.3) is 4.96 Å². The number of aromatic nitrogens is 2. The molecular formula is C17H18N4O2S2. The minimum atomic E-state index is -0.319. The van der Waals surface area contributed by atoms with Crippen molar-refractivity contribution in [2.24, 2.45) is 0 Å². The van der Waals surface area contributed by atoms with Crippen LogP contribution in [0.3, 0.4) is 0 Å². The van der Waals surface area contributed by atoms with Crippen LogP contribution in [0, 0.1) is 6.92 Å². The van der Waals surface area contributed by atoms with E-state index < -0.39 is 0 Å². The van der Waals surface area contributed by atoms with Crippen LogP contribution >= 0.6 is 23.1 Å². The molecule has 2 amide bonds. The number of benzene rings is 1. The molecule has 0 saturated heterocycles. The van der Waals surface area contributed by atoms with E-state index >= 15 is 0 Å². The lowest BCUT2D eigenvalue weighted by atomic mass is 10.2. The smallest absolute Gasteiger partial charge is 0.251 e. The van der Waals surface area contributed by atoms with Crippen molar-refractivity contribution in [3.63, 3.8) is 0 Å². The highest BCUT2D eigenvalue weighted by atomic mass is 32.2. The van der Waals surface area contributed by atoms with Crippen LogP contribution in [0.4, 0.5) is 0 Å². The van der Waals surface area contributed by atoms with Crippen molar-refractivity contribution in [3.05, 3.63) is 53.3 Å². The van der Waals surface area contributed by atoms with Gasteiger partial charge in [0, 0.05) is 22.7 Å². The second kappa shape index (κ2) is 7.71. The van der Waals surface area contributed by atoms with Crippen LogP contribution in [-0.4, -0.2) is 26.4 Å². The van der Waals surface area contributed by atoms with Crippen molar-refractivity contribution in [2.45, 2.75) is 30.4 Å². The lowest BCUT2D eigenvalue weighted by Gasteiger charge is -2.12. The highest BCUT2D eigenvalue weighted by Crippen LogP contribution is 2.23. The minimum absolute atomic E-state index is 0.119. The van der Waals surface area contributed by atoms with Gasteiger partial charge in [-0.05, 0) is 26.0 Å². The van der Waals surface area contributed by atoms with E-state index in [0.717, 1.165) is 9.86 Å². The molecular weight excluding hydrogens is 356 g/mol. The number of hydrogen-bond acceptors (Lipinski definition) is 5. The van der Waals surface area contributed by atoms with E-state index in [4.69, 9.17) is 0 Å². The van der Waals surface area contributed by atoms with Crippen LogP contribution in [-0.2, 0) is 16.0 Å². The third kappa shape index (κ3) is 4.61. The van der Waals surface area contributed by atoms with Crippen LogP contribution in [0.15, 0.2) is 46.9 Å². The Balaban J connectivity index is 1.46. The molecule has 3 rings (SSSR count). The Hall–Kier alpha value is -2.32. The number of hydrogen-bond donors (Lipinski definition) is 2. The summed E-state index contributed by atoms with van der Waals surface area (Å²) >= 11 is 2.95. The first-order valence-electron chi connectivity index (χ1n) is 7.74. The predicted octanol–water partition coefficient (Wildman–Crippen LogP) is 2.57. The van der Waals surface area contributed by atoms with E-state index in [1.807, 2.05) is 53.4 Å². The molecule has 6 nitrogen and oxygen atoms in total. The first-order chi connectivity index (χ1) is 12.0. The second-order valence-electron chi connectivity index (χ2n) is 5.61. The summed E-state index contributed by atoms with van der Waals surface area (Å²) in [6, 6.07) is 7.97. The highest BCUT2D eigenvalue weighted by Gasteiger charge is 2.15. The van der Waals surface area contributed by atoms with Gasteiger partial charge in [0.2, 0.25) is 5.91 Å². The van der Waals surface area contributed by atoms with Crippen LogP contribution in [0.5, 0.6) is 0 Å². The molecule has 1 atom stereocenters. The minimum Gasteiger partial charge on any atom is -0.297 e. The van der Waals surface area contributed by atoms with Gasteiger partial charge in [0.25, 0.3) is 5.91 Å². The van der Waals surface area contributed by atoms with Gasteiger partial charge in [0.05, 0.1) is 17.4 Å². The molecule has 8 heteroatoms. The maximum absolute atomic E-state index is 12.1. The monoisotopic (exact) mass is 374 g/mol. The highest BCUT2D eigenvalue weighted by molar-refractivity contribution is 8.00. The Morgan fingerprint density at radius 2 is 2.04 bits per heavy atom. The lowest BCUT2D eigenvalue weighted by Crippen LogP contribution is -2.45. The van der Waals surface area contributed by atoms with Gasteiger partial charge in [-0.3, -0.25) is 24.8 Å². The first kappa shape index (κ1) is 17.5. The van der Waals surface area contributed by atoms with Gasteiger partial charge in [-0.15, -0.1) is 23.1 Å². The Kier molecular flexibility index (Phi) is 5.40. The van der Waals surface area contributed by atoms with Gasteiger partial charge in [0.1, 0.15) is 0 Å². The largest absolute Gasteiger partial charge is 0.297 e. The Labute approximate surface area is 153 Å². The van der Waals surface area contributed by atoms with E-state index in [2.05, 4.69) is 15.8 Å². The molecule has 0 aliphatic heterocycles. The number of aryl methyl sites for hydroxylation is 1. The van der Waals surface area contributed by atoms with Crippen LogP contribution < -0.4 is 10.9 Å². The fourth-order valence-electron chi connectivity index (χ4n) is 2.18. The van der Waals surface area contributed by atoms with E-state index in [9.17, 15) is 9.59 Å². The summed E-state index contributed by atoms with van der Waals surface area (Å²) < 4.78 is 1.87. The van der Waals surface area contributed by atoms with E-state index in [-0.39, 0.29) is 23.5 Å². The fraction of sp³-hybridized carbons (Fsp3) is 0.235. The van der Waals surface area contributed by atoms with Gasteiger partial charge in [-0.1, -0.05) is 17.7 Å². The molecule has 2 heterocycles. The summed E-state index contributed by atoms with van der Waals surface area (Å²) in [7, 11) is 0. The number of imidazole rings is 1. The summed E-state index contributed by atoms with van der Waals surface area (Å²) in [6.45, 7) is 3.82. The number of amides is 2. The number of hydrazine groups is 1. The zero-order chi connectivity index (χ0) is 17.8. The zero-order valence-electron chi connectivity index (χ0n) is 13.9. The van der Waals surface area contributed by atoms with Crippen molar-refractivity contribution in [3.8, 4) is 0 Å². The van der Waals surface area contributed by atoms with Crippen molar-refractivity contribution in [1.29, 1.82) is 0 Å². The number of carbonyl (C=O) groups excluding carboxylic acids is 2. The Morgan fingerprint density at radius 1 is 1.28 bits per heavy atom. The molecule has 1 aromatic carbocycles. The molecule has 0 saturated carbocycles. The number of thiazole rings is 1. The van der Waals surface area contributed by atoms with Gasteiger partial charge in [0.15, 0.2) is 4.96 Å². The van der Waals surface area contributed by atoms with Crippen molar-refractivity contribution in [2.75, 3.05) is 0 Å². The molecule has 0 radical (unpaired) electrons. The van der Waals surface area contributed by atoms with E-state index in [0.29, 0.717) is 5.69 Å². The van der Waals surface area contributed by atoms with Crippen molar-refractivity contribution < 1.29 is 9.59 Å². The van der Waals surface area contributed by atoms with Crippen molar-refractivity contribution in [1.82, 2.24) is 20.2 Å². The van der Waals surface area contributed by atoms with Gasteiger partial charge in [-0.2, -0.15) is 0 Å². The van der Waals surface area contributed by atoms with Gasteiger partial charge >= 0.3 is 0 Å². The topological polar surface area (TPSA) is 75.5 Å². The third-order valence-electron chi connectivity index (χ3n) is 3.51. The summed E-state index contributed by atoms with van der Waals surface area (Å²) in [5.74, 6) is -0.545. The molecule has 2 aromatic heterocycles. The molecule has 0 aliphatic rings. The molecule has 0 spiro atoms. The molecule has 130 valence electrons. The molecule has 0 unspecified atom stereocenters. The number of fused-ring (bicyclic) bond motifs is 1. The first-order valence-corrected chi connectivity index (χ1v) is 9.50. The molecule has 0 fully saturated rings. The number of nitrogens with one attached hydrogen (secondary N) is 2. The van der Waals surface area contributed by atoms with E-state index in [1.54, 1.807) is 6.92 Å². The summed E-state index contributed by atoms with van der Waals surface area (Å²) in [6.07, 6.45) is 3.82. The van der Waals surface area contributed by atoms with E-state index in [1.165, 1.54) is 28.7 Å². The standard InChI is InChI=1S/C17H18N4O2S2/c1-11-3-5-14(6-4-11)25-12(2)16(23)20-19-15(22)9-13-10-21-7-8-24-17(21)18-13/h3-8,10,12H,9H2,1-2H3,(H,19,22)(H,20,23)/t12-/m1/s1. The van der Waals surface area contributed by atoms with Gasteiger partial charge < -0.3 is 0 Å². The summed E-state index contributed by atoms with van der Waals surface area (Å²) in [4.78, 5) is 30.3. The molecule has 0 bridgehead atoms. The Morgan fingerprint density at radius 3 is 2.76 bits per heavy atom. The fourth-order valence-corrected chi connectivity index (χ4v) is 3.76. The summed E-state index contributed by atoms with van der Waals surface area (Å²) in [5.41, 5.74) is 6.76. The second-order valence-corrected chi connectivity index (χ2v) is 7.90. The Bertz CT molecular complexity index is 857. The molecule has 0 aliphatic carbocycles. The third-order valence-corrected chi connectivity index (χ3v) is 5.40. The lowest BCUT2D eigenvalue weighted by molar-refractivity contribution is -0.128. The predicted molar refractivity (Wildman–Crippen MR) is 99.6 cm³/mol. The number of rotatable bonds is 5. The quantitative estimate of drug-likeness (QED) is 0.532. The normalized spacial score (nSPS) is 12.1. The molecule has 2 N–H and O–H groups in total. The SMILES string of the molecule is Cc1ccc(S[C@H](C)C(=O)NNC(=O)Cc2cn3ccsc3n2)cc1. The van der Waals surface area contributed by atoms with Crippen LogP contribution in [0.2, 0.25) is 0 Å². The molecule has 25 heavy (non-hydrogen) atoms.